The van der Waals surface area contributed by atoms with Crippen molar-refractivity contribution >= 4 is 43.5 Å². The first-order valence-electron chi connectivity index (χ1n) is 9.16. The van der Waals surface area contributed by atoms with Gasteiger partial charge in [0.05, 0.1) is 34.8 Å². The van der Waals surface area contributed by atoms with Gasteiger partial charge in [0.1, 0.15) is 18.2 Å². The minimum absolute atomic E-state index is 0.0914. The van der Waals surface area contributed by atoms with E-state index in [0.29, 0.717) is 42.9 Å². The van der Waals surface area contributed by atoms with Crippen molar-refractivity contribution in [2.24, 2.45) is 0 Å². The zero-order valence-corrected chi connectivity index (χ0v) is 20.0. The van der Waals surface area contributed by atoms with E-state index >= 15 is 0 Å². The van der Waals surface area contributed by atoms with Crippen molar-refractivity contribution in [3.63, 3.8) is 0 Å². The number of benzene rings is 3. The van der Waals surface area contributed by atoms with E-state index in [9.17, 15) is 9.65 Å². The van der Waals surface area contributed by atoms with Crippen LogP contribution in [0.1, 0.15) is 16.7 Å². The van der Waals surface area contributed by atoms with E-state index in [1.165, 1.54) is 6.07 Å². The maximum Gasteiger partial charge on any atom is 0.161 e. The number of halogens is 3. The predicted molar refractivity (Wildman–Crippen MR) is 126 cm³/mol. The molecule has 0 spiro atoms. The molecule has 0 aliphatic carbocycles. The van der Waals surface area contributed by atoms with Gasteiger partial charge in [-0.3, -0.25) is 0 Å². The smallest absolute Gasteiger partial charge is 0.161 e. The van der Waals surface area contributed by atoms with Crippen molar-refractivity contribution in [3.05, 3.63) is 86.1 Å². The van der Waals surface area contributed by atoms with Crippen molar-refractivity contribution in [1.82, 2.24) is 0 Å². The molecule has 7 heteroatoms. The van der Waals surface area contributed by atoms with Gasteiger partial charge in [0.15, 0.2) is 11.5 Å². The van der Waals surface area contributed by atoms with Gasteiger partial charge in [0.2, 0.25) is 0 Å². The van der Waals surface area contributed by atoms with Crippen molar-refractivity contribution in [3.8, 4) is 23.3 Å². The van der Waals surface area contributed by atoms with Crippen LogP contribution in [0.4, 0.5) is 4.39 Å². The molecule has 3 aromatic carbocycles. The van der Waals surface area contributed by atoms with E-state index in [1.807, 2.05) is 12.1 Å². The molecule has 0 fully saturated rings. The van der Waals surface area contributed by atoms with Crippen molar-refractivity contribution in [2.45, 2.75) is 6.61 Å². The Morgan fingerprint density at radius 1 is 1.00 bits per heavy atom. The summed E-state index contributed by atoms with van der Waals surface area (Å²) in [5, 5.41) is 9.69. The largest absolute Gasteiger partial charge is 0.493 e. The quantitative estimate of drug-likeness (QED) is 0.236. The lowest BCUT2D eigenvalue weighted by atomic mass is 10.0. The summed E-state index contributed by atoms with van der Waals surface area (Å²) in [7, 11) is 3.11. The number of hydrogen-bond donors (Lipinski definition) is 0. The molecule has 4 nitrogen and oxygen atoms in total. The predicted octanol–water partition coefficient (Wildman–Crippen LogP) is 7.01. The van der Waals surface area contributed by atoms with Crippen molar-refractivity contribution in [2.75, 3.05) is 14.2 Å². The topological polar surface area (TPSA) is 51.5 Å². The maximum atomic E-state index is 13.8. The van der Waals surface area contributed by atoms with Crippen molar-refractivity contribution < 1.29 is 18.6 Å². The zero-order valence-electron chi connectivity index (χ0n) is 16.8. The third-order valence-corrected chi connectivity index (χ3v) is 5.65. The van der Waals surface area contributed by atoms with E-state index in [0.717, 1.165) is 5.56 Å². The van der Waals surface area contributed by atoms with Gasteiger partial charge in [-0.05, 0) is 85.5 Å². The van der Waals surface area contributed by atoms with Gasteiger partial charge in [0.25, 0.3) is 0 Å². The molecule has 3 rings (SSSR count). The third-order valence-electron chi connectivity index (χ3n) is 4.48. The molecule has 0 aliphatic heterocycles. The van der Waals surface area contributed by atoms with E-state index < -0.39 is 0 Å². The molecule has 0 aliphatic rings. The Morgan fingerprint density at radius 2 is 1.68 bits per heavy atom. The van der Waals surface area contributed by atoms with E-state index in [1.54, 1.807) is 56.7 Å². The summed E-state index contributed by atoms with van der Waals surface area (Å²) >= 11 is 7.00. The van der Waals surface area contributed by atoms with Crippen LogP contribution in [-0.2, 0) is 6.61 Å². The lowest BCUT2D eigenvalue weighted by molar-refractivity contribution is 0.296. The second-order valence-corrected chi connectivity index (χ2v) is 8.14. The summed E-state index contributed by atoms with van der Waals surface area (Å²) < 4.78 is 31.6. The third kappa shape index (κ3) is 5.46. The van der Waals surface area contributed by atoms with E-state index in [-0.39, 0.29) is 12.4 Å². The average molecular weight is 547 g/mol. The summed E-state index contributed by atoms with van der Waals surface area (Å²) in [6, 6.07) is 17.7. The molecular formula is C24H18Br2FNO3. The van der Waals surface area contributed by atoms with Gasteiger partial charge >= 0.3 is 0 Å². The normalized spacial score (nSPS) is 11.0. The SMILES string of the molecule is COc1ccc(/C(C#N)=C/c2cc(Br)c(OCc3ccccc3F)c(Br)c2)cc1OC. The molecule has 0 saturated heterocycles. The molecule has 0 atom stereocenters. The summed E-state index contributed by atoms with van der Waals surface area (Å²) in [6.07, 6.45) is 1.76. The fourth-order valence-corrected chi connectivity index (χ4v) is 4.37. The molecule has 0 heterocycles. The molecule has 31 heavy (non-hydrogen) atoms. The van der Waals surface area contributed by atoms with Gasteiger partial charge in [0, 0.05) is 5.56 Å². The second kappa shape index (κ2) is 10.5. The highest BCUT2D eigenvalue weighted by Crippen LogP contribution is 2.37. The second-order valence-electron chi connectivity index (χ2n) is 6.43. The number of rotatable bonds is 7. The van der Waals surface area contributed by atoms with E-state index in [4.69, 9.17) is 14.2 Å². The molecule has 0 bridgehead atoms. The Labute approximate surface area is 197 Å². The number of methoxy groups -OCH3 is 2. The summed E-state index contributed by atoms with van der Waals surface area (Å²) in [5.74, 6) is 1.36. The Kier molecular flexibility index (Phi) is 7.72. The Balaban J connectivity index is 1.88. The number of allylic oxidation sites excluding steroid dienone is 1. The molecule has 0 unspecified atom stereocenters. The molecule has 158 valence electrons. The molecular weight excluding hydrogens is 529 g/mol. The van der Waals surface area contributed by atoms with Gasteiger partial charge in [-0.2, -0.15) is 5.26 Å². The molecule has 0 aromatic heterocycles. The minimum atomic E-state index is -0.317. The Morgan fingerprint density at radius 3 is 2.29 bits per heavy atom. The van der Waals surface area contributed by atoms with Crippen LogP contribution >= 0.6 is 31.9 Å². The van der Waals surface area contributed by atoms with Gasteiger partial charge in [-0.25, -0.2) is 4.39 Å². The first-order valence-corrected chi connectivity index (χ1v) is 10.7. The van der Waals surface area contributed by atoms with Crippen LogP contribution in [-0.4, -0.2) is 14.2 Å². The fourth-order valence-electron chi connectivity index (χ4n) is 2.92. The first kappa shape index (κ1) is 22.9. The Bertz CT molecular complexity index is 1150. The fraction of sp³-hybridized carbons (Fsp3) is 0.125. The molecule has 0 amide bonds. The number of nitriles is 1. The van der Waals surface area contributed by atoms with Crippen LogP contribution in [0, 0.1) is 17.1 Å². The highest BCUT2D eigenvalue weighted by molar-refractivity contribution is 9.11. The van der Waals surface area contributed by atoms with Gasteiger partial charge < -0.3 is 14.2 Å². The van der Waals surface area contributed by atoms with Crippen LogP contribution in [0.3, 0.4) is 0 Å². The van der Waals surface area contributed by atoms with E-state index in [2.05, 4.69) is 37.9 Å². The number of nitrogens with zero attached hydrogens (tertiary/aromatic N) is 1. The van der Waals surface area contributed by atoms with Crippen LogP contribution < -0.4 is 14.2 Å². The molecule has 0 N–H and O–H groups in total. The van der Waals surface area contributed by atoms with Gasteiger partial charge in [-0.1, -0.05) is 18.2 Å². The standard InChI is InChI=1S/C24H18Br2FNO3/c1-29-22-8-7-16(12-23(22)30-2)18(13-28)9-15-10-19(25)24(20(26)11-15)31-14-17-5-3-4-6-21(17)27/h3-12H,14H2,1-2H3/b18-9+. The lowest BCUT2D eigenvalue weighted by Gasteiger charge is -2.12. The van der Waals surface area contributed by atoms with Crippen LogP contribution in [0.25, 0.3) is 11.6 Å². The van der Waals surface area contributed by atoms with Gasteiger partial charge in [-0.15, -0.1) is 0 Å². The highest BCUT2D eigenvalue weighted by Gasteiger charge is 2.12. The van der Waals surface area contributed by atoms with Crippen LogP contribution in [0.15, 0.2) is 63.5 Å². The first-order chi connectivity index (χ1) is 15.0. The summed E-state index contributed by atoms with van der Waals surface area (Å²) in [6.45, 7) is 0.0914. The van der Waals surface area contributed by atoms with Crippen LogP contribution in [0.2, 0.25) is 0 Å². The Hall–Kier alpha value is -2.82. The maximum absolute atomic E-state index is 13.8. The zero-order chi connectivity index (χ0) is 22.4. The van der Waals surface area contributed by atoms with Crippen molar-refractivity contribution in [1.29, 1.82) is 5.26 Å². The molecule has 0 radical (unpaired) electrons. The summed E-state index contributed by atoms with van der Waals surface area (Å²) in [5.41, 5.74) is 2.40. The average Bonchev–Trinajstić information content (AvgIpc) is 2.77. The number of ether oxygens (including phenoxy) is 3. The summed E-state index contributed by atoms with van der Waals surface area (Å²) in [4.78, 5) is 0. The van der Waals surface area contributed by atoms with Crippen LogP contribution in [0.5, 0.6) is 17.2 Å². The lowest BCUT2D eigenvalue weighted by Crippen LogP contribution is -1.99. The highest BCUT2D eigenvalue weighted by atomic mass is 79.9. The molecule has 3 aromatic rings. The monoisotopic (exact) mass is 545 g/mol. The minimum Gasteiger partial charge on any atom is -0.493 e. The molecule has 0 saturated carbocycles. The number of hydrogen-bond acceptors (Lipinski definition) is 4.